The zero-order chi connectivity index (χ0) is 6.41. The standard InChI is InChI=1S/C4H4O2P2/c1-4(2-7-5)3-8-6/h2-3H,1H2/q+2. The predicted molar refractivity (Wildman–Crippen MR) is 36.5 cm³/mol. The van der Waals surface area contributed by atoms with Crippen molar-refractivity contribution >= 4 is 27.8 Å². The van der Waals surface area contributed by atoms with Crippen molar-refractivity contribution in [1.29, 1.82) is 0 Å². The Hall–Kier alpha value is -0.0600. The molecule has 0 N–H and O–H groups in total. The van der Waals surface area contributed by atoms with E-state index in [9.17, 15) is 9.13 Å². The van der Waals surface area contributed by atoms with E-state index in [0.29, 0.717) is 5.57 Å². The van der Waals surface area contributed by atoms with Gasteiger partial charge < -0.3 is 0 Å². The maximum atomic E-state index is 9.75. The first-order chi connectivity index (χ1) is 3.81. The van der Waals surface area contributed by atoms with Crippen LogP contribution < -0.4 is 0 Å². The Morgan fingerprint density at radius 3 is 1.88 bits per heavy atom. The van der Waals surface area contributed by atoms with Gasteiger partial charge in [-0.25, -0.2) is 0 Å². The van der Waals surface area contributed by atoms with E-state index in [4.69, 9.17) is 0 Å². The molecule has 0 rings (SSSR count). The van der Waals surface area contributed by atoms with Crippen molar-refractivity contribution in [1.82, 2.24) is 0 Å². The monoisotopic (exact) mass is 146 g/mol. The Bertz CT molecular complexity index is 164. The second-order valence-electron chi connectivity index (χ2n) is 1.04. The van der Waals surface area contributed by atoms with Crippen LogP contribution in [0.1, 0.15) is 0 Å². The second kappa shape index (κ2) is 5.08. The number of allylic oxidation sites excluding steroid dienone is 1. The molecule has 0 saturated carbocycles. The van der Waals surface area contributed by atoms with Gasteiger partial charge in [-0.15, -0.1) is 0 Å². The van der Waals surface area contributed by atoms with Crippen molar-refractivity contribution in [2.75, 3.05) is 0 Å². The molecule has 0 aliphatic carbocycles. The molecular weight excluding hydrogens is 142 g/mol. The van der Waals surface area contributed by atoms with Crippen LogP contribution in [0.25, 0.3) is 0 Å². The van der Waals surface area contributed by atoms with Crippen LogP contribution in [0.15, 0.2) is 12.2 Å². The van der Waals surface area contributed by atoms with Gasteiger partial charge in [0.15, 0.2) is 0 Å². The van der Waals surface area contributed by atoms with Crippen molar-refractivity contribution in [2.45, 2.75) is 0 Å². The molecule has 0 atom stereocenters. The molecule has 4 heteroatoms. The van der Waals surface area contributed by atoms with Gasteiger partial charge in [0.05, 0.1) is 0 Å². The van der Waals surface area contributed by atoms with Crippen LogP contribution in [0.5, 0.6) is 0 Å². The van der Waals surface area contributed by atoms with Gasteiger partial charge >= 0.3 is 49.0 Å². The molecule has 0 spiro atoms. The van der Waals surface area contributed by atoms with E-state index in [0.717, 1.165) is 0 Å². The van der Waals surface area contributed by atoms with Gasteiger partial charge in [-0.3, -0.25) is 0 Å². The van der Waals surface area contributed by atoms with Gasteiger partial charge in [-0.2, -0.15) is 0 Å². The zero-order valence-corrected chi connectivity index (χ0v) is 5.86. The summed E-state index contributed by atoms with van der Waals surface area (Å²) in [4.78, 5) is 0. The first kappa shape index (κ1) is 7.94. The maximum absolute atomic E-state index is 9.75. The van der Waals surface area contributed by atoms with E-state index in [1.165, 1.54) is 11.6 Å². The van der Waals surface area contributed by atoms with Crippen molar-refractivity contribution in [2.24, 2.45) is 0 Å². The average Bonchev–Trinajstić information content (AvgIpc) is 1.68. The van der Waals surface area contributed by atoms with Gasteiger partial charge in [0.25, 0.3) is 0 Å². The van der Waals surface area contributed by atoms with Crippen LogP contribution in [-0.2, 0) is 9.13 Å². The Morgan fingerprint density at radius 2 is 1.62 bits per heavy atom. The summed E-state index contributed by atoms with van der Waals surface area (Å²) in [7, 11) is -0.201. The van der Waals surface area contributed by atoms with Gasteiger partial charge in [-0.05, 0) is 0 Å². The van der Waals surface area contributed by atoms with Crippen molar-refractivity contribution < 1.29 is 9.13 Å². The molecule has 8 heavy (non-hydrogen) atoms. The Labute approximate surface area is 49.9 Å². The molecule has 0 unspecified atom stereocenters. The third kappa shape index (κ3) is 4.11. The first-order valence-corrected chi connectivity index (χ1v) is 3.58. The van der Waals surface area contributed by atoms with Crippen LogP contribution in [0.2, 0.25) is 0 Å². The van der Waals surface area contributed by atoms with Crippen LogP contribution >= 0.6 is 16.2 Å². The van der Waals surface area contributed by atoms with Crippen LogP contribution in [0.3, 0.4) is 0 Å². The van der Waals surface area contributed by atoms with Gasteiger partial charge in [0.2, 0.25) is 0 Å². The fourth-order valence-corrected chi connectivity index (χ4v) is 0.706. The van der Waals surface area contributed by atoms with E-state index < -0.39 is 0 Å². The van der Waals surface area contributed by atoms with Crippen LogP contribution in [0.4, 0.5) is 0 Å². The second-order valence-corrected chi connectivity index (χ2v) is 1.98. The number of hydrogen-bond acceptors (Lipinski definition) is 2. The molecule has 0 radical (unpaired) electrons. The van der Waals surface area contributed by atoms with E-state index in [2.05, 4.69) is 6.58 Å². The summed E-state index contributed by atoms with van der Waals surface area (Å²) in [6, 6.07) is 0. The quantitative estimate of drug-likeness (QED) is 0.556. The number of rotatable bonds is 2. The minimum atomic E-state index is -0.100. The molecule has 0 aliphatic rings. The third-order valence-corrected chi connectivity index (χ3v) is 1.31. The molecule has 0 aromatic rings. The average molecular weight is 146 g/mol. The summed E-state index contributed by atoms with van der Waals surface area (Å²) in [6.45, 7) is 3.41. The molecule has 0 bridgehead atoms. The van der Waals surface area contributed by atoms with Crippen LogP contribution in [0, 0.1) is 0 Å². The Morgan fingerprint density at radius 1 is 1.25 bits per heavy atom. The molecule has 2 nitrogen and oxygen atoms in total. The van der Waals surface area contributed by atoms with Crippen LogP contribution in [-0.4, -0.2) is 11.6 Å². The molecule has 0 saturated heterocycles. The Kier molecular flexibility index (Phi) is 5.05. The summed E-state index contributed by atoms with van der Waals surface area (Å²) in [5, 5.41) is 0. The van der Waals surface area contributed by atoms with Crippen molar-refractivity contribution in [3.05, 3.63) is 12.2 Å². The summed E-state index contributed by atoms with van der Waals surface area (Å²) < 4.78 is 19.5. The fraction of sp³-hybridized carbons (Fsp3) is 0. The summed E-state index contributed by atoms with van der Waals surface area (Å²) in [5.74, 6) is 2.68. The molecule has 0 aliphatic heterocycles. The topological polar surface area (TPSA) is 34.1 Å². The van der Waals surface area contributed by atoms with E-state index in [1.54, 1.807) is 0 Å². The zero-order valence-electron chi connectivity index (χ0n) is 4.07. The molecular formula is C4H4O2P2+2. The SMILES string of the molecule is C=C(C=[P+]=O)C=[P+]=O. The molecule has 0 heterocycles. The molecule has 0 fully saturated rings. The van der Waals surface area contributed by atoms with Gasteiger partial charge in [0.1, 0.15) is 0 Å². The van der Waals surface area contributed by atoms with E-state index >= 15 is 0 Å². The molecule has 0 amide bonds. The molecule has 0 aromatic heterocycles. The van der Waals surface area contributed by atoms with Crippen molar-refractivity contribution in [3.63, 3.8) is 0 Å². The summed E-state index contributed by atoms with van der Waals surface area (Å²) in [5.41, 5.74) is 0.512. The van der Waals surface area contributed by atoms with E-state index in [-0.39, 0.29) is 16.2 Å². The predicted octanol–water partition coefficient (Wildman–Crippen LogP) is 1.73. The fourth-order valence-electron chi connectivity index (χ4n) is 0.169. The van der Waals surface area contributed by atoms with Gasteiger partial charge in [-0.1, -0.05) is 0 Å². The summed E-state index contributed by atoms with van der Waals surface area (Å²) >= 11 is 0. The molecule has 40 valence electrons. The Balaban J connectivity index is 4.04. The summed E-state index contributed by atoms with van der Waals surface area (Å²) in [6.07, 6.45) is 0. The number of hydrogen-bond donors (Lipinski definition) is 0. The molecule has 0 aromatic carbocycles. The van der Waals surface area contributed by atoms with E-state index in [1.807, 2.05) is 0 Å². The first-order valence-electron chi connectivity index (χ1n) is 1.81. The normalized spacial score (nSPS) is 7.00. The third-order valence-electron chi connectivity index (χ3n) is 0.437. The van der Waals surface area contributed by atoms with Crippen molar-refractivity contribution in [3.8, 4) is 0 Å². The van der Waals surface area contributed by atoms with Gasteiger partial charge in [0, 0.05) is 0 Å². The minimum absolute atomic E-state index is 0.100.